The van der Waals surface area contributed by atoms with Gasteiger partial charge in [0.25, 0.3) is 0 Å². The van der Waals surface area contributed by atoms with Gasteiger partial charge in [0.15, 0.2) is 0 Å². The molecule has 4 heteroatoms. The summed E-state index contributed by atoms with van der Waals surface area (Å²) >= 11 is 0.0100. The van der Waals surface area contributed by atoms with Gasteiger partial charge in [-0.25, -0.2) is 0 Å². The molecule has 0 fully saturated rings. The molecular formula is C6H4N2OSe. The first-order valence-corrected chi connectivity index (χ1v) is 4.31. The van der Waals surface area contributed by atoms with Gasteiger partial charge in [-0.3, -0.25) is 0 Å². The topological polar surface area (TPSA) is 46.0 Å². The van der Waals surface area contributed by atoms with Gasteiger partial charge in [-0.1, -0.05) is 0 Å². The molecule has 0 spiro atoms. The molecule has 2 aromatic rings. The van der Waals surface area contributed by atoms with Crippen molar-refractivity contribution in [2.45, 2.75) is 0 Å². The Morgan fingerprint density at radius 1 is 1.20 bits per heavy atom. The first kappa shape index (κ1) is 5.89. The Balaban J connectivity index is 2.86. The van der Waals surface area contributed by atoms with Gasteiger partial charge in [0.1, 0.15) is 0 Å². The molecule has 1 aromatic heterocycles. The van der Waals surface area contributed by atoms with E-state index in [9.17, 15) is 0 Å². The van der Waals surface area contributed by atoms with Crippen LogP contribution in [0.15, 0.2) is 18.2 Å². The summed E-state index contributed by atoms with van der Waals surface area (Å²) in [6.45, 7) is 0. The predicted octanol–water partition coefficient (Wildman–Crippen LogP) is 0.392. The second kappa shape index (κ2) is 2.08. The van der Waals surface area contributed by atoms with E-state index in [2.05, 4.69) is 7.96 Å². The van der Waals surface area contributed by atoms with Crippen molar-refractivity contribution >= 4 is 26.0 Å². The van der Waals surface area contributed by atoms with Crippen LogP contribution in [0.4, 0.5) is 0 Å². The minimum atomic E-state index is 0.0100. The molecule has 0 bridgehead atoms. The second-order valence-corrected chi connectivity index (χ2v) is 3.05. The predicted molar refractivity (Wildman–Crippen MR) is 38.1 cm³/mol. The Hall–Kier alpha value is -0.861. The molecule has 1 aromatic carbocycles. The Labute approximate surface area is 63.5 Å². The number of hydrogen-bond donors (Lipinski definition) is 1. The SMILES string of the molecule is Oc1ccc2n[se]nc2c1. The van der Waals surface area contributed by atoms with Crippen molar-refractivity contribution in [3.8, 4) is 5.75 Å². The van der Waals surface area contributed by atoms with Crippen LogP contribution in [0.1, 0.15) is 0 Å². The number of benzene rings is 1. The summed E-state index contributed by atoms with van der Waals surface area (Å²) in [5.74, 6) is 0.260. The third kappa shape index (κ3) is 0.818. The molecule has 0 aliphatic carbocycles. The van der Waals surface area contributed by atoms with Crippen LogP contribution in [-0.4, -0.2) is 28.0 Å². The third-order valence-corrected chi connectivity index (χ3v) is 2.41. The van der Waals surface area contributed by atoms with Crippen molar-refractivity contribution in [2.75, 3.05) is 0 Å². The van der Waals surface area contributed by atoms with Crippen LogP contribution in [0, 0.1) is 0 Å². The second-order valence-electron chi connectivity index (χ2n) is 1.94. The number of aromatic hydroxyl groups is 1. The molecule has 3 nitrogen and oxygen atoms in total. The number of hydrogen-bond acceptors (Lipinski definition) is 3. The Kier molecular flexibility index (Phi) is 1.22. The zero-order valence-corrected chi connectivity index (χ0v) is 6.70. The van der Waals surface area contributed by atoms with E-state index in [0.717, 1.165) is 11.0 Å². The zero-order chi connectivity index (χ0) is 6.97. The van der Waals surface area contributed by atoms with Gasteiger partial charge in [0.2, 0.25) is 0 Å². The molecule has 1 N–H and O–H groups in total. The molecule has 0 atom stereocenters. The van der Waals surface area contributed by atoms with Gasteiger partial charge in [0.05, 0.1) is 0 Å². The molecule has 1 heterocycles. The van der Waals surface area contributed by atoms with E-state index < -0.39 is 0 Å². The van der Waals surface area contributed by atoms with E-state index >= 15 is 0 Å². The van der Waals surface area contributed by atoms with Crippen LogP contribution in [-0.2, 0) is 0 Å². The molecule has 0 unspecified atom stereocenters. The van der Waals surface area contributed by atoms with Gasteiger partial charge in [0, 0.05) is 0 Å². The van der Waals surface area contributed by atoms with Crippen molar-refractivity contribution in [3.05, 3.63) is 18.2 Å². The van der Waals surface area contributed by atoms with E-state index in [1.54, 1.807) is 18.2 Å². The van der Waals surface area contributed by atoms with Gasteiger partial charge in [-0.2, -0.15) is 0 Å². The van der Waals surface area contributed by atoms with Crippen LogP contribution in [0.3, 0.4) is 0 Å². The molecular weight excluding hydrogens is 195 g/mol. The van der Waals surface area contributed by atoms with Crippen LogP contribution in [0.5, 0.6) is 5.75 Å². The number of nitrogens with zero attached hydrogens (tertiary/aromatic N) is 2. The van der Waals surface area contributed by atoms with Crippen molar-refractivity contribution in [1.82, 2.24) is 7.96 Å². The molecule has 0 radical (unpaired) electrons. The van der Waals surface area contributed by atoms with Gasteiger partial charge >= 0.3 is 63.0 Å². The fourth-order valence-electron chi connectivity index (χ4n) is 0.771. The van der Waals surface area contributed by atoms with Crippen LogP contribution >= 0.6 is 0 Å². The van der Waals surface area contributed by atoms with Crippen molar-refractivity contribution in [1.29, 1.82) is 0 Å². The summed E-state index contributed by atoms with van der Waals surface area (Å²) in [7, 11) is 0. The maximum absolute atomic E-state index is 9.00. The number of aromatic nitrogens is 2. The summed E-state index contributed by atoms with van der Waals surface area (Å²) in [4.78, 5) is 0. The first-order valence-electron chi connectivity index (χ1n) is 2.77. The average molecular weight is 199 g/mol. The van der Waals surface area contributed by atoms with Crippen LogP contribution in [0.2, 0.25) is 0 Å². The molecule has 0 aliphatic heterocycles. The Bertz CT molecular complexity index is 357. The van der Waals surface area contributed by atoms with Crippen LogP contribution < -0.4 is 0 Å². The van der Waals surface area contributed by atoms with E-state index in [1.807, 2.05) is 0 Å². The molecule has 0 saturated carbocycles. The van der Waals surface area contributed by atoms with E-state index in [4.69, 9.17) is 5.11 Å². The first-order chi connectivity index (χ1) is 4.86. The number of phenolic OH excluding ortho intramolecular Hbond substituents is 1. The third-order valence-electron chi connectivity index (χ3n) is 1.24. The van der Waals surface area contributed by atoms with Gasteiger partial charge < -0.3 is 0 Å². The van der Waals surface area contributed by atoms with Gasteiger partial charge in [-0.15, -0.1) is 0 Å². The normalized spacial score (nSPS) is 10.4. The minimum absolute atomic E-state index is 0.0100. The molecule has 2 rings (SSSR count). The average Bonchev–Trinajstić information content (AvgIpc) is 2.33. The fourth-order valence-corrected chi connectivity index (χ4v) is 1.86. The number of rotatable bonds is 0. The molecule has 50 valence electrons. The van der Waals surface area contributed by atoms with E-state index in [0.29, 0.717) is 0 Å². The summed E-state index contributed by atoms with van der Waals surface area (Å²) in [5.41, 5.74) is 1.72. The quantitative estimate of drug-likeness (QED) is 0.624. The summed E-state index contributed by atoms with van der Waals surface area (Å²) < 4.78 is 8.22. The van der Waals surface area contributed by atoms with E-state index in [-0.39, 0.29) is 20.7 Å². The zero-order valence-electron chi connectivity index (χ0n) is 4.98. The van der Waals surface area contributed by atoms with Gasteiger partial charge in [-0.05, 0) is 0 Å². The maximum atomic E-state index is 9.00. The fraction of sp³-hybridized carbons (Fsp3) is 0. The molecule has 0 saturated heterocycles. The molecule has 10 heavy (non-hydrogen) atoms. The van der Waals surface area contributed by atoms with Crippen molar-refractivity contribution in [2.24, 2.45) is 0 Å². The van der Waals surface area contributed by atoms with Crippen LogP contribution in [0.25, 0.3) is 11.0 Å². The van der Waals surface area contributed by atoms with E-state index in [1.165, 1.54) is 0 Å². The number of fused-ring (bicyclic) bond motifs is 1. The monoisotopic (exact) mass is 200 g/mol. The summed E-state index contributed by atoms with van der Waals surface area (Å²) in [5, 5.41) is 9.00. The van der Waals surface area contributed by atoms with Crippen molar-refractivity contribution in [3.63, 3.8) is 0 Å². The Morgan fingerprint density at radius 3 is 2.90 bits per heavy atom. The van der Waals surface area contributed by atoms with Crippen molar-refractivity contribution < 1.29 is 5.11 Å². The summed E-state index contributed by atoms with van der Waals surface area (Å²) in [6, 6.07) is 5.04. The number of phenols is 1. The Morgan fingerprint density at radius 2 is 2.00 bits per heavy atom. The molecule has 0 aliphatic rings. The summed E-state index contributed by atoms with van der Waals surface area (Å²) in [6.07, 6.45) is 0. The molecule has 0 amide bonds. The standard InChI is InChI=1S/C6H4N2OSe/c9-4-1-2-5-6(3-4)8-10-7-5/h1-3,9H.